The Bertz CT molecular complexity index is 994. The lowest BCUT2D eigenvalue weighted by atomic mass is 10.2. The molecule has 1 aliphatic heterocycles. The zero-order chi connectivity index (χ0) is 20.1. The number of non-ortho nitro benzene ring substituents is 1. The fourth-order valence-electron chi connectivity index (χ4n) is 2.31. The SMILES string of the molecule is COC(=O)COc1cccc(/C=C2\N=C(c3ccc([N+](=O)[O-])cc3)OC2=O)c1. The zero-order valence-corrected chi connectivity index (χ0v) is 14.7. The number of carbonyl (C=O) groups is 2. The predicted octanol–water partition coefficient (Wildman–Crippen LogP) is 2.49. The minimum Gasteiger partial charge on any atom is -0.482 e. The lowest BCUT2D eigenvalue weighted by molar-refractivity contribution is -0.384. The molecule has 0 aromatic heterocycles. The van der Waals surface area contributed by atoms with E-state index >= 15 is 0 Å². The first-order valence-electron chi connectivity index (χ1n) is 8.03. The third kappa shape index (κ3) is 4.39. The molecule has 0 bridgehead atoms. The largest absolute Gasteiger partial charge is 0.482 e. The second-order valence-corrected chi connectivity index (χ2v) is 5.58. The molecule has 9 heteroatoms. The molecule has 0 radical (unpaired) electrons. The van der Waals surface area contributed by atoms with Crippen molar-refractivity contribution in [2.24, 2.45) is 4.99 Å². The Morgan fingerprint density at radius 2 is 2.00 bits per heavy atom. The summed E-state index contributed by atoms with van der Waals surface area (Å²) in [7, 11) is 1.26. The first kappa shape index (κ1) is 18.8. The summed E-state index contributed by atoms with van der Waals surface area (Å²) in [5.41, 5.74) is 1.05. The Labute approximate surface area is 159 Å². The number of nitro benzene ring substituents is 1. The van der Waals surface area contributed by atoms with Gasteiger partial charge < -0.3 is 14.2 Å². The predicted molar refractivity (Wildman–Crippen MR) is 97.7 cm³/mol. The number of carbonyl (C=O) groups excluding carboxylic acids is 2. The van der Waals surface area contributed by atoms with Crippen molar-refractivity contribution < 1.29 is 28.7 Å². The Morgan fingerprint density at radius 3 is 2.68 bits per heavy atom. The van der Waals surface area contributed by atoms with Crippen molar-refractivity contribution in [3.63, 3.8) is 0 Å². The minimum absolute atomic E-state index is 0.0595. The van der Waals surface area contributed by atoms with E-state index in [-0.39, 0.29) is 23.9 Å². The molecule has 1 heterocycles. The Kier molecular flexibility index (Phi) is 5.45. The van der Waals surface area contributed by atoms with E-state index in [2.05, 4.69) is 9.73 Å². The summed E-state index contributed by atoms with van der Waals surface area (Å²) < 4.78 is 14.9. The second kappa shape index (κ2) is 8.12. The van der Waals surface area contributed by atoms with Crippen LogP contribution in [0.15, 0.2) is 59.2 Å². The Morgan fingerprint density at radius 1 is 1.25 bits per heavy atom. The molecule has 1 aliphatic rings. The fourth-order valence-corrected chi connectivity index (χ4v) is 2.31. The molecule has 0 N–H and O–H groups in total. The average Bonchev–Trinajstić information content (AvgIpc) is 3.06. The molecule has 2 aromatic carbocycles. The molecule has 3 rings (SSSR count). The van der Waals surface area contributed by atoms with Crippen LogP contribution in [0.2, 0.25) is 0 Å². The van der Waals surface area contributed by atoms with Crippen LogP contribution in [0.25, 0.3) is 6.08 Å². The lowest BCUT2D eigenvalue weighted by Gasteiger charge is -2.05. The van der Waals surface area contributed by atoms with Gasteiger partial charge >= 0.3 is 11.9 Å². The molecule has 2 aromatic rings. The van der Waals surface area contributed by atoms with Crippen LogP contribution in [-0.2, 0) is 19.1 Å². The number of ether oxygens (including phenoxy) is 3. The summed E-state index contributed by atoms with van der Waals surface area (Å²) in [5.74, 6) is -0.676. The molecular weight excluding hydrogens is 368 g/mol. The van der Waals surface area contributed by atoms with Crippen molar-refractivity contribution in [2.45, 2.75) is 0 Å². The highest BCUT2D eigenvalue weighted by Crippen LogP contribution is 2.22. The van der Waals surface area contributed by atoms with Crippen LogP contribution in [0.4, 0.5) is 5.69 Å². The quantitative estimate of drug-likeness (QED) is 0.326. The van der Waals surface area contributed by atoms with Crippen molar-refractivity contribution in [2.75, 3.05) is 13.7 Å². The van der Waals surface area contributed by atoms with Gasteiger partial charge in [-0.05, 0) is 35.9 Å². The van der Waals surface area contributed by atoms with Crippen LogP contribution >= 0.6 is 0 Å². The number of benzene rings is 2. The van der Waals surface area contributed by atoms with Gasteiger partial charge in [0.1, 0.15) is 5.75 Å². The summed E-state index contributed by atoms with van der Waals surface area (Å²) in [6, 6.07) is 12.2. The van der Waals surface area contributed by atoms with E-state index in [0.717, 1.165) is 0 Å². The van der Waals surface area contributed by atoms with Crippen LogP contribution in [0.3, 0.4) is 0 Å². The number of nitro groups is 1. The number of hydrogen-bond acceptors (Lipinski definition) is 8. The number of esters is 2. The van der Waals surface area contributed by atoms with Crippen LogP contribution < -0.4 is 4.74 Å². The van der Waals surface area contributed by atoms with Crippen LogP contribution in [-0.4, -0.2) is 36.5 Å². The molecule has 0 unspecified atom stereocenters. The van der Waals surface area contributed by atoms with Gasteiger partial charge in [0.2, 0.25) is 5.90 Å². The average molecular weight is 382 g/mol. The van der Waals surface area contributed by atoms with E-state index in [1.54, 1.807) is 24.3 Å². The van der Waals surface area contributed by atoms with E-state index in [0.29, 0.717) is 16.9 Å². The standard InChI is InChI=1S/C19H14N2O7/c1-26-17(22)11-27-15-4-2-3-12(9-15)10-16-19(23)28-18(20-16)13-5-7-14(8-6-13)21(24)25/h2-10H,11H2,1H3/b16-10-. The fraction of sp³-hybridized carbons (Fsp3) is 0.105. The molecular formula is C19H14N2O7. The normalized spacial score (nSPS) is 14.4. The second-order valence-electron chi connectivity index (χ2n) is 5.58. The van der Waals surface area contributed by atoms with Crippen LogP contribution in [0.5, 0.6) is 5.75 Å². The van der Waals surface area contributed by atoms with Gasteiger partial charge in [0, 0.05) is 17.7 Å². The molecule has 28 heavy (non-hydrogen) atoms. The van der Waals surface area contributed by atoms with Crippen LogP contribution in [0, 0.1) is 10.1 Å². The minimum atomic E-state index is -0.644. The van der Waals surface area contributed by atoms with Crippen molar-refractivity contribution in [1.29, 1.82) is 0 Å². The molecule has 0 atom stereocenters. The first-order chi connectivity index (χ1) is 13.5. The molecule has 0 aliphatic carbocycles. The third-order valence-corrected chi connectivity index (χ3v) is 3.69. The third-order valence-electron chi connectivity index (χ3n) is 3.69. The molecule has 142 valence electrons. The van der Waals surface area contributed by atoms with Gasteiger partial charge in [0.25, 0.3) is 5.69 Å². The van der Waals surface area contributed by atoms with Crippen LogP contribution in [0.1, 0.15) is 11.1 Å². The highest BCUT2D eigenvalue weighted by atomic mass is 16.6. The zero-order valence-electron chi connectivity index (χ0n) is 14.7. The van der Waals surface area contributed by atoms with E-state index < -0.39 is 16.9 Å². The summed E-state index contributed by atoms with van der Waals surface area (Å²) >= 11 is 0. The number of aliphatic imine (C=N–C) groups is 1. The number of methoxy groups -OCH3 is 1. The first-order valence-corrected chi connectivity index (χ1v) is 8.03. The highest BCUT2D eigenvalue weighted by molar-refractivity contribution is 6.12. The van der Waals surface area contributed by atoms with Crippen molar-refractivity contribution in [3.05, 3.63) is 75.5 Å². The number of rotatable bonds is 6. The van der Waals surface area contributed by atoms with E-state index in [1.807, 2.05) is 0 Å². The maximum atomic E-state index is 12.1. The van der Waals surface area contributed by atoms with Gasteiger partial charge in [0.05, 0.1) is 12.0 Å². The van der Waals surface area contributed by atoms with E-state index in [4.69, 9.17) is 9.47 Å². The number of hydrogen-bond donors (Lipinski definition) is 0. The highest BCUT2D eigenvalue weighted by Gasteiger charge is 2.24. The molecule has 0 fully saturated rings. The molecule has 9 nitrogen and oxygen atoms in total. The molecule has 0 spiro atoms. The monoisotopic (exact) mass is 382 g/mol. The molecule has 0 saturated heterocycles. The Hall–Kier alpha value is -4.01. The molecule has 0 amide bonds. The summed E-state index contributed by atoms with van der Waals surface area (Å²) in [4.78, 5) is 37.6. The maximum Gasteiger partial charge on any atom is 0.363 e. The van der Waals surface area contributed by atoms with Gasteiger partial charge in [-0.2, -0.15) is 0 Å². The van der Waals surface area contributed by atoms with Gasteiger partial charge in [-0.25, -0.2) is 14.6 Å². The van der Waals surface area contributed by atoms with Gasteiger partial charge in [-0.3, -0.25) is 10.1 Å². The Balaban J connectivity index is 1.79. The van der Waals surface area contributed by atoms with E-state index in [9.17, 15) is 19.7 Å². The van der Waals surface area contributed by atoms with Crippen molar-refractivity contribution in [1.82, 2.24) is 0 Å². The maximum absolute atomic E-state index is 12.1. The smallest absolute Gasteiger partial charge is 0.363 e. The van der Waals surface area contributed by atoms with Crippen molar-refractivity contribution in [3.8, 4) is 5.75 Å². The van der Waals surface area contributed by atoms with Gasteiger partial charge in [-0.1, -0.05) is 12.1 Å². The van der Waals surface area contributed by atoms with Gasteiger partial charge in [0.15, 0.2) is 12.3 Å². The summed E-state index contributed by atoms with van der Waals surface area (Å²) in [5, 5.41) is 10.7. The summed E-state index contributed by atoms with van der Waals surface area (Å²) in [6.07, 6.45) is 1.51. The van der Waals surface area contributed by atoms with Gasteiger partial charge in [-0.15, -0.1) is 0 Å². The molecule has 0 saturated carbocycles. The van der Waals surface area contributed by atoms with E-state index in [1.165, 1.54) is 37.5 Å². The summed E-state index contributed by atoms with van der Waals surface area (Å²) in [6.45, 7) is -0.235. The number of nitrogens with zero attached hydrogens (tertiary/aromatic N) is 2. The lowest BCUT2D eigenvalue weighted by Crippen LogP contribution is -2.12. The topological polar surface area (TPSA) is 117 Å². The number of cyclic esters (lactones) is 1. The van der Waals surface area contributed by atoms with Crippen molar-refractivity contribution >= 4 is 29.6 Å².